The predicted molar refractivity (Wildman–Crippen MR) is 61.7 cm³/mol. The lowest BCUT2D eigenvalue weighted by atomic mass is 10.2. The molecule has 0 spiro atoms. The number of rotatable bonds is 4. The van der Waals surface area contributed by atoms with Crippen molar-refractivity contribution in [2.45, 2.75) is 25.0 Å². The third-order valence-corrected chi connectivity index (χ3v) is 2.65. The number of ether oxygens (including phenoxy) is 3. The Morgan fingerprint density at radius 3 is 1.79 bits per heavy atom. The van der Waals surface area contributed by atoms with E-state index in [0.717, 1.165) is 0 Å². The van der Waals surface area contributed by atoms with E-state index < -0.39 is 12.2 Å². The van der Waals surface area contributed by atoms with Crippen molar-refractivity contribution >= 4 is 35.1 Å². The van der Waals surface area contributed by atoms with Gasteiger partial charge in [0, 0.05) is 0 Å². The lowest BCUT2D eigenvalue weighted by Gasteiger charge is -2.12. The van der Waals surface area contributed by atoms with Crippen LogP contribution in [-0.4, -0.2) is 46.0 Å². The molecule has 0 radical (unpaired) electrons. The van der Waals surface area contributed by atoms with Crippen molar-refractivity contribution in [2.24, 2.45) is 8.73 Å². The molecule has 0 bridgehead atoms. The summed E-state index contributed by atoms with van der Waals surface area (Å²) in [5, 5.41) is 0. The van der Waals surface area contributed by atoms with Crippen LogP contribution in [0, 0.1) is 0 Å². The molecule has 0 aromatic heterocycles. The van der Waals surface area contributed by atoms with Crippen LogP contribution in [0.5, 0.6) is 0 Å². The zero-order valence-corrected chi connectivity index (χ0v) is 11.2. The van der Waals surface area contributed by atoms with Gasteiger partial charge in [-0.2, -0.15) is 8.42 Å². The van der Waals surface area contributed by atoms with Crippen LogP contribution in [0.3, 0.4) is 0 Å². The standard InChI is InChI=1S/C8H10N2O7S2/c11-7(9-18-13)15-3-5-1-2-6(17-5)4-16-8(12)10-19-14/h5-6H,1-4H2/t5-,6-/m0/s1. The van der Waals surface area contributed by atoms with E-state index in [-0.39, 0.29) is 48.3 Å². The molecule has 2 atom stereocenters. The van der Waals surface area contributed by atoms with Gasteiger partial charge in [0.1, 0.15) is 13.2 Å². The lowest BCUT2D eigenvalue weighted by Crippen LogP contribution is -2.21. The molecule has 1 heterocycles. The van der Waals surface area contributed by atoms with Crippen molar-refractivity contribution in [3.8, 4) is 0 Å². The summed E-state index contributed by atoms with van der Waals surface area (Å²) in [6.45, 7) is -0.0394. The van der Waals surface area contributed by atoms with Gasteiger partial charge in [-0.1, -0.05) is 8.73 Å². The summed E-state index contributed by atoms with van der Waals surface area (Å²) in [5.74, 6) is 0. The molecule has 0 aromatic carbocycles. The Bertz CT molecular complexity index is 404. The molecule has 1 aliphatic heterocycles. The smallest absolute Gasteiger partial charge is 0.444 e. The second-order valence-corrected chi connectivity index (χ2v) is 4.11. The molecule has 1 aliphatic rings. The summed E-state index contributed by atoms with van der Waals surface area (Å²) in [7, 11) is 0. The molecule has 1 fully saturated rings. The maximum atomic E-state index is 10.8. The SMILES string of the molecule is O=S=NC(=O)OC[C@@H]1CC[C@@H](COC(=O)N=S=O)O1. The van der Waals surface area contributed by atoms with E-state index in [1.807, 2.05) is 0 Å². The molecular formula is C8H10N2O7S2. The normalized spacial score (nSPS) is 21.3. The molecule has 0 aliphatic carbocycles. The van der Waals surface area contributed by atoms with Crippen LogP contribution < -0.4 is 0 Å². The molecule has 0 unspecified atom stereocenters. The van der Waals surface area contributed by atoms with Crippen LogP contribution in [0.1, 0.15) is 12.8 Å². The van der Waals surface area contributed by atoms with Crippen molar-refractivity contribution in [1.29, 1.82) is 0 Å². The van der Waals surface area contributed by atoms with Crippen LogP contribution in [-0.2, 0) is 37.1 Å². The molecule has 0 aromatic rings. The van der Waals surface area contributed by atoms with Crippen LogP contribution in [0.2, 0.25) is 0 Å². The number of carbonyl (C=O) groups excluding carboxylic acids is 2. The van der Waals surface area contributed by atoms with Crippen molar-refractivity contribution < 1.29 is 32.2 Å². The number of amides is 2. The fourth-order valence-electron chi connectivity index (χ4n) is 1.47. The van der Waals surface area contributed by atoms with Gasteiger partial charge in [-0.3, -0.25) is 0 Å². The van der Waals surface area contributed by atoms with E-state index in [4.69, 9.17) is 4.74 Å². The van der Waals surface area contributed by atoms with Gasteiger partial charge in [-0.15, -0.1) is 0 Å². The number of carbonyl (C=O) groups is 2. The Hall–Kier alpha value is -1.46. The van der Waals surface area contributed by atoms with E-state index in [2.05, 4.69) is 18.2 Å². The zero-order valence-electron chi connectivity index (χ0n) is 9.55. The van der Waals surface area contributed by atoms with Crippen molar-refractivity contribution in [3.63, 3.8) is 0 Å². The first-order valence-corrected chi connectivity index (χ1v) is 6.54. The highest BCUT2D eigenvalue weighted by Crippen LogP contribution is 2.20. The van der Waals surface area contributed by atoms with Gasteiger partial charge in [0.25, 0.3) is 0 Å². The Balaban J connectivity index is 2.22. The van der Waals surface area contributed by atoms with Crippen LogP contribution >= 0.6 is 0 Å². The van der Waals surface area contributed by atoms with E-state index in [0.29, 0.717) is 12.8 Å². The Kier molecular flexibility index (Phi) is 7.07. The second-order valence-electron chi connectivity index (χ2n) is 3.44. The molecule has 0 saturated carbocycles. The summed E-state index contributed by atoms with van der Waals surface area (Å²) in [5.41, 5.74) is 0. The minimum atomic E-state index is -0.954. The molecular weight excluding hydrogens is 300 g/mol. The summed E-state index contributed by atoms with van der Waals surface area (Å²) in [6, 6.07) is 0. The predicted octanol–water partition coefficient (Wildman–Crippen LogP) is 0.600. The molecule has 106 valence electrons. The molecule has 11 heteroatoms. The van der Waals surface area contributed by atoms with Crippen molar-refractivity contribution in [1.82, 2.24) is 0 Å². The average molecular weight is 310 g/mol. The minimum Gasteiger partial charge on any atom is -0.444 e. The van der Waals surface area contributed by atoms with Crippen LogP contribution in [0.15, 0.2) is 8.73 Å². The van der Waals surface area contributed by atoms with Crippen LogP contribution in [0.4, 0.5) is 9.59 Å². The molecule has 9 nitrogen and oxygen atoms in total. The van der Waals surface area contributed by atoms with Crippen molar-refractivity contribution in [3.05, 3.63) is 0 Å². The molecule has 19 heavy (non-hydrogen) atoms. The second kappa shape index (κ2) is 8.61. The third-order valence-electron chi connectivity index (χ3n) is 2.20. The van der Waals surface area contributed by atoms with Gasteiger partial charge < -0.3 is 14.2 Å². The van der Waals surface area contributed by atoms with Gasteiger partial charge in [0.05, 0.1) is 12.2 Å². The van der Waals surface area contributed by atoms with Gasteiger partial charge in [-0.25, -0.2) is 9.59 Å². The molecule has 0 N–H and O–H groups in total. The monoisotopic (exact) mass is 310 g/mol. The zero-order chi connectivity index (χ0) is 14.1. The van der Waals surface area contributed by atoms with E-state index in [1.165, 1.54) is 0 Å². The first-order chi connectivity index (χ1) is 9.15. The Morgan fingerprint density at radius 1 is 1.00 bits per heavy atom. The highest BCUT2D eigenvalue weighted by molar-refractivity contribution is 7.55. The first kappa shape index (κ1) is 15.6. The summed E-state index contributed by atoms with van der Waals surface area (Å²) < 4.78 is 40.4. The topological polar surface area (TPSA) is 121 Å². The summed E-state index contributed by atoms with van der Waals surface area (Å²) in [6.07, 6.45) is -1.33. The first-order valence-electron chi connectivity index (χ1n) is 5.14. The van der Waals surface area contributed by atoms with E-state index in [1.54, 1.807) is 0 Å². The van der Waals surface area contributed by atoms with Crippen molar-refractivity contribution in [2.75, 3.05) is 13.2 Å². The Labute approximate surface area is 115 Å². The van der Waals surface area contributed by atoms with Crippen LogP contribution in [0.25, 0.3) is 0 Å². The third kappa shape index (κ3) is 6.31. The quantitative estimate of drug-likeness (QED) is 0.745. The van der Waals surface area contributed by atoms with E-state index >= 15 is 0 Å². The number of nitrogens with zero attached hydrogens (tertiary/aromatic N) is 2. The van der Waals surface area contributed by atoms with E-state index in [9.17, 15) is 18.0 Å². The maximum Gasteiger partial charge on any atom is 0.447 e. The lowest BCUT2D eigenvalue weighted by molar-refractivity contribution is -0.0175. The van der Waals surface area contributed by atoms with Gasteiger partial charge >= 0.3 is 12.2 Å². The maximum absolute atomic E-state index is 10.8. The minimum absolute atomic E-state index is 0.0197. The molecule has 1 saturated heterocycles. The van der Waals surface area contributed by atoms with Gasteiger partial charge in [-0.05, 0) is 12.8 Å². The largest absolute Gasteiger partial charge is 0.447 e. The Morgan fingerprint density at radius 2 is 1.42 bits per heavy atom. The number of hydrogen-bond donors (Lipinski definition) is 0. The summed E-state index contributed by atoms with van der Waals surface area (Å²) in [4.78, 5) is 21.6. The fourth-order valence-corrected chi connectivity index (χ4v) is 1.69. The highest BCUT2D eigenvalue weighted by Gasteiger charge is 2.27. The number of hydrogen-bond acceptors (Lipinski definition) is 7. The molecule has 2 amide bonds. The average Bonchev–Trinajstić information content (AvgIpc) is 2.83. The van der Waals surface area contributed by atoms with Gasteiger partial charge in [0.2, 0.25) is 22.9 Å². The fraction of sp³-hybridized carbons (Fsp3) is 0.750. The highest BCUT2D eigenvalue weighted by atomic mass is 32.1. The molecule has 1 rings (SSSR count). The van der Waals surface area contributed by atoms with Gasteiger partial charge in [0.15, 0.2) is 0 Å². The summed E-state index contributed by atoms with van der Waals surface area (Å²) >= 11 is -0.454.